The number of nitrogens with one attached hydrogen (secondary N) is 2. The molecule has 0 aliphatic carbocycles. The molecule has 3 amide bonds. The van der Waals surface area contributed by atoms with E-state index in [4.69, 9.17) is 11.6 Å². The van der Waals surface area contributed by atoms with E-state index in [1.54, 1.807) is 49.4 Å². The van der Waals surface area contributed by atoms with Crippen LogP contribution in [0.3, 0.4) is 0 Å². The molecule has 8 heteroatoms. The van der Waals surface area contributed by atoms with Gasteiger partial charge in [0.15, 0.2) is 0 Å². The van der Waals surface area contributed by atoms with E-state index >= 15 is 0 Å². The molecule has 2 N–H and O–H groups in total. The summed E-state index contributed by atoms with van der Waals surface area (Å²) in [7, 11) is 0. The van der Waals surface area contributed by atoms with Crippen molar-refractivity contribution in [3.05, 3.63) is 100 Å². The van der Waals surface area contributed by atoms with Gasteiger partial charge < -0.3 is 10.6 Å². The molecule has 0 radical (unpaired) electrons. The molecule has 0 saturated heterocycles. The molecule has 0 unspecified atom stereocenters. The average molecular weight is 450 g/mol. The Morgan fingerprint density at radius 3 is 2.34 bits per heavy atom. The van der Waals surface area contributed by atoms with Crippen molar-refractivity contribution in [1.82, 2.24) is 0 Å². The van der Waals surface area contributed by atoms with Crippen LogP contribution in [0.1, 0.15) is 15.9 Å². The molecule has 6 nitrogen and oxygen atoms in total. The Balaban J connectivity index is 1.55. The predicted molar refractivity (Wildman–Crippen MR) is 121 cm³/mol. The first kappa shape index (κ1) is 21.3. The first-order valence-electron chi connectivity index (χ1n) is 9.63. The van der Waals surface area contributed by atoms with Gasteiger partial charge in [-0.05, 0) is 61.0 Å². The van der Waals surface area contributed by atoms with E-state index in [1.807, 2.05) is 0 Å². The summed E-state index contributed by atoms with van der Waals surface area (Å²) in [5, 5.41) is 5.29. The number of para-hydroxylation sites is 1. The van der Waals surface area contributed by atoms with Crippen LogP contribution < -0.4 is 15.5 Å². The number of aryl methyl sites for hydroxylation is 1. The van der Waals surface area contributed by atoms with Gasteiger partial charge in [-0.25, -0.2) is 9.29 Å². The van der Waals surface area contributed by atoms with Gasteiger partial charge in [-0.1, -0.05) is 35.9 Å². The van der Waals surface area contributed by atoms with E-state index in [2.05, 4.69) is 10.6 Å². The molecule has 0 spiro atoms. The zero-order valence-electron chi connectivity index (χ0n) is 16.9. The van der Waals surface area contributed by atoms with Gasteiger partial charge in [0.2, 0.25) is 0 Å². The number of rotatable bonds is 5. The molecule has 1 aliphatic heterocycles. The third-order valence-electron chi connectivity index (χ3n) is 4.88. The van der Waals surface area contributed by atoms with Gasteiger partial charge in [-0.2, -0.15) is 0 Å². The first-order chi connectivity index (χ1) is 15.3. The van der Waals surface area contributed by atoms with Crippen molar-refractivity contribution in [3.8, 4) is 0 Å². The molecule has 0 saturated carbocycles. The molecule has 0 aromatic heterocycles. The molecular weight excluding hydrogens is 433 g/mol. The fraction of sp³-hybridized carbons (Fsp3) is 0.0417. The van der Waals surface area contributed by atoms with Gasteiger partial charge in [0.05, 0.1) is 5.69 Å². The van der Waals surface area contributed by atoms with E-state index in [1.165, 1.54) is 30.3 Å². The summed E-state index contributed by atoms with van der Waals surface area (Å²) in [6.45, 7) is 1.79. The number of hydrogen-bond donors (Lipinski definition) is 2. The highest BCUT2D eigenvalue weighted by atomic mass is 35.5. The first-order valence-corrected chi connectivity index (χ1v) is 10.0. The van der Waals surface area contributed by atoms with Gasteiger partial charge in [-0.15, -0.1) is 0 Å². The van der Waals surface area contributed by atoms with Crippen LogP contribution >= 0.6 is 11.6 Å². The Morgan fingerprint density at radius 1 is 0.906 bits per heavy atom. The maximum Gasteiger partial charge on any atom is 0.283 e. The van der Waals surface area contributed by atoms with Crippen molar-refractivity contribution < 1.29 is 18.8 Å². The number of hydrogen-bond acceptors (Lipinski definition) is 4. The van der Waals surface area contributed by atoms with Crippen LogP contribution in [0.4, 0.5) is 21.5 Å². The van der Waals surface area contributed by atoms with Crippen LogP contribution in [0.2, 0.25) is 0 Å². The second kappa shape index (κ2) is 8.64. The largest absolute Gasteiger partial charge is 0.350 e. The maximum absolute atomic E-state index is 13.1. The number of anilines is 3. The van der Waals surface area contributed by atoms with Gasteiger partial charge in [-0.3, -0.25) is 14.4 Å². The lowest BCUT2D eigenvalue weighted by Gasteiger charge is -2.17. The highest BCUT2D eigenvalue weighted by molar-refractivity contribution is 6.53. The molecule has 0 fully saturated rings. The number of carbonyl (C=O) groups excluding carboxylic acids is 3. The van der Waals surface area contributed by atoms with E-state index in [0.717, 1.165) is 10.5 Å². The second-order valence-corrected chi connectivity index (χ2v) is 7.47. The zero-order chi connectivity index (χ0) is 22.8. The third kappa shape index (κ3) is 4.10. The number of carbonyl (C=O) groups is 3. The highest BCUT2D eigenvalue weighted by Gasteiger charge is 2.39. The number of amides is 3. The summed E-state index contributed by atoms with van der Waals surface area (Å²) < 4.78 is 13.1. The summed E-state index contributed by atoms with van der Waals surface area (Å²) in [6.07, 6.45) is 0. The smallest absolute Gasteiger partial charge is 0.283 e. The van der Waals surface area contributed by atoms with Crippen LogP contribution in [-0.2, 0) is 9.59 Å². The zero-order valence-corrected chi connectivity index (χ0v) is 17.6. The minimum Gasteiger partial charge on any atom is -0.350 e. The summed E-state index contributed by atoms with van der Waals surface area (Å²) in [6, 6.07) is 18.7. The molecule has 0 atom stereocenters. The van der Waals surface area contributed by atoms with Crippen LogP contribution in [-0.4, -0.2) is 17.7 Å². The lowest BCUT2D eigenvalue weighted by molar-refractivity contribution is -0.120. The van der Waals surface area contributed by atoms with Crippen LogP contribution in [0.5, 0.6) is 0 Å². The fourth-order valence-electron chi connectivity index (χ4n) is 3.26. The lowest BCUT2D eigenvalue weighted by atomic mass is 10.1. The molecule has 1 aliphatic rings. The molecule has 1 heterocycles. The summed E-state index contributed by atoms with van der Waals surface area (Å²) >= 11 is 6.19. The average Bonchev–Trinajstić information content (AvgIpc) is 2.99. The lowest BCUT2D eigenvalue weighted by Crippen LogP contribution is -2.32. The standard InChI is InChI=1S/C24H17ClFN3O3/c1-14-5-2-3-8-19(14)29-23(31)20(25)21(24(29)32)27-18-7-4-6-15(13-18)22(30)28-17-11-9-16(26)10-12-17/h2-13,27H,1H3,(H,28,30). The van der Waals surface area contributed by atoms with E-state index in [9.17, 15) is 18.8 Å². The number of halogens is 2. The summed E-state index contributed by atoms with van der Waals surface area (Å²) in [5.41, 5.74) is 2.26. The molecule has 4 rings (SSSR count). The van der Waals surface area contributed by atoms with Crippen LogP contribution in [0.25, 0.3) is 0 Å². The van der Waals surface area contributed by atoms with Crippen molar-refractivity contribution in [3.63, 3.8) is 0 Å². The van der Waals surface area contributed by atoms with Gasteiger partial charge in [0, 0.05) is 16.9 Å². The number of benzene rings is 3. The van der Waals surface area contributed by atoms with Crippen molar-refractivity contribution in [1.29, 1.82) is 0 Å². The molecular formula is C24H17ClFN3O3. The van der Waals surface area contributed by atoms with Crippen molar-refractivity contribution in [2.24, 2.45) is 0 Å². The van der Waals surface area contributed by atoms with Crippen molar-refractivity contribution in [2.45, 2.75) is 6.92 Å². The molecule has 160 valence electrons. The normalized spacial score (nSPS) is 13.5. The van der Waals surface area contributed by atoms with Crippen LogP contribution in [0, 0.1) is 12.7 Å². The minimum atomic E-state index is -0.626. The SMILES string of the molecule is Cc1ccccc1N1C(=O)C(Cl)=C(Nc2cccc(C(=O)Nc3ccc(F)cc3)c2)C1=O. The fourth-order valence-corrected chi connectivity index (χ4v) is 3.48. The second-order valence-electron chi connectivity index (χ2n) is 7.09. The minimum absolute atomic E-state index is 0.0731. The Kier molecular flexibility index (Phi) is 5.75. The topological polar surface area (TPSA) is 78.5 Å². The third-order valence-corrected chi connectivity index (χ3v) is 5.23. The van der Waals surface area contributed by atoms with E-state index in [-0.39, 0.29) is 10.7 Å². The number of imide groups is 1. The van der Waals surface area contributed by atoms with Crippen molar-refractivity contribution in [2.75, 3.05) is 15.5 Å². The Labute approximate surface area is 188 Å². The predicted octanol–water partition coefficient (Wildman–Crippen LogP) is 4.82. The van der Waals surface area contributed by atoms with E-state index < -0.39 is 23.5 Å². The Bertz CT molecular complexity index is 1270. The van der Waals surface area contributed by atoms with E-state index in [0.29, 0.717) is 22.6 Å². The van der Waals surface area contributed by atoms with Gasteiger partial charge in [0.1, 0.15) is 16.5 Å². The summed E-state index contributed by atoms with van der Waals surface area (Å²) in [4.78, 5) is 39.2. The monoisotopic (exact) mass is 449 g/mol. The van der Waals surface area contributed by atoms with Gasteiger partial charge >= 0.3 is 0 Å². The molecule has 3 aromatic rings. The Hall–Kier alpha value is -3.97. The van der Waals surface area contributed by atoms with Crippen LogP contribution in [0.15, 0.2) is 83.5 Å². The maximum atomic E-state index is 13.1. The summed E-state index contributed by atoms with van der Waals surface area (Å²) in [5.74, 6) is -2.04. The molecule has 3 aromatic carbocycles. The highest BCUT2D eigenvalue weighted by Crippen LogP contribution is 2.32. The quantitative estimate of drug-likeness (QED) is 0.547. The van der Waals surface area contributed by atoms with Gasteiger partial charge in [0.25, 0.3) is 17.7 Å². The molecule has 0 bridgehead atoms. The van der Waals surface area contributed by atoms with Crippen molar-refractivity contribution >= 4 is 46.4 Å². The molecule has 32 heavy (non-hydrogen) atoms. The Morgan fingerprint density at radius 2 is 1.62 bits per heavy atom. The number of nitrogens with zero attached hydrogens (tertiary/aromatic N) is 1.